The minimum Gasteiger partial charge on any atom is -0.368 e. The number of carbonyl (C=O) groups is 2. The molecule has 2 aromatic rings. The average Bonchev–Trinajstić information content (AvgIpc) is 2.74. The third-order valence-corrected chi connectivity index (χ3v) is 5.12. The van der Waals surface area contributed by atoms with Crippen molar-refractivity contribution in [3.63, 3.8) is 0 Å². The fraction of sp³-hybridized carbons (Fsp3) is 0.364. The highest BCUT2D eigenvalue weighted by atomic mass is 19.1. The van der Waals surface area contributed by atoms with E-state index in [4.69, 9.17) is 0 Å². The van der Waals surface area contributed by atoms with E-state index in [1.807, 2.05) is 13.8 Å². The van der Waals surface area contributed by atoms with Gasteiger partial charge in [0.05, 0.1) is 0 Å². The lowest BCUT2D eigenvalue weighted by Gasteiger charge is -2.36. The zero-order valence-electron chi connectivity index (χ0n) is 16.3. The van der Waals surface area contributed by atoms with Crippen molar-refractivity contribution in [1.82, 2.24) is 10.2 Å². The molecule has 2 aromatic carbocycles. The maximum atomic E-state index is 13.1. The minimum absolute atomic E-state index is 0.0723. The lowest BCUT2D eigenvalue weighted by molar-refractivity contribution is 0.0747. The number of piperazine rings is 1. The summed E-state index contributed by atoms with van der Waals surface area (Å²) < 4.78 is 13.1. The van der Waals surface area contributed by atoms with Crippen molar-refractivity contribution in [2.45, 2.75) is 26.3 Å². The first kappa shape index (κ1) is 19.9. The highest BCUT2D eigenvalue weighted by molar-refractivity contribution is 5.99. The number of rotatable bonds is 5. The van der Waals surface area contributed by atoms with Crippen LogP contribution in [0.25, 0.3) is 0 Å². The average molecular weight is 383 g/mol. The summed E-state index contributed by atoms with van der Waals surface area (Å²) in [7, 11) is 0. The second-order valence-electron chi connectivity index (χ2n) is 7.12. The molecule has 1 atom stereocenters. The maximum Gasteiger partial charge on any atom is 0.253 e. The van der Waals surface area contributed by atoms with Gasteiger partial charge in [-0.05, 0) is 55.8 Å². The summed E-state index contributed by atoms with van der Waals surface area (Å²) in [5.74, 6) is -0.489. The molecule has 0 spiro atoms. The van der Waals surface area contributed by atoms with E-state index >= 15 is 0 Å². The Labute approximate surface area is 165 Å². The summed E-state index contributed by atoms with van der Waals surface area (Å²) in [5.41, 5.74) is 1.97. The monoisotopic (exact) mass is 383 g/mol. The van der Waals surface area contributed by atoms with Crippen molar-refractivity contribution in [3.8, 4) is 0 Å². The molecule has 2 amide bonds. The van der Waals surface area contributed by atoms with Crippen LogP contribution in [-0.2, 0) is 0 Å². The summed E-state index contributed by atoms with van der Waals surface area (Å²) in [6.07, 6.45) is 0.850. The van der Waals surface area contributed by atoms with E-state index in [0.717, 1.165) is 12.1 Å². The molecular weight excluding hydrogens is 357 g/mol. The Bertz CT molecular complexity index is 830. The van der Waals surface area contributed by atoms with Crippen LogP contribution in [0.5, 0.6) is 0 Å². The quantitative estimate of drug-likeness (QED) is 0.862. The van der Waals surface area contributed by atoms with Gasteiger partial charge in [-0.1, -0.05) is 13.0 Å². The van der Waals surface area contributed by atoms with Crippen LogP contribution >= 0.6 is 0 Å². The smallest absolute Gasteiger partial charge is 0.253 e. The van der Waals surface area contributed by atoms with Crippen molar-refractivity contribution in [2.24, 2.45) is 0 Å². The van der Waals surface area contributed by atoms with Crippen molar-refractivity contribution in [3.05, 3.63) is 65.5 Å². The van der Waals surface area contributed by atoms with Crippen molar-refractivity contribution >= 4 is 17.5 Å². The first-order valence-electron chi connectivity index (χ1n) is 9.68. The summed E-state index contributed by atoms with van der Waals surface area (Å²) in [5, 5.41) is 2.92. The second kappa shape index (κ2) is 8.87. The highest BCUT2D eigenvalue weighted by Gasteiger charge is 2.23. The standard InChI is InChI=1S/C22H26FN3O2/c1-3-16(2)24-21(27)17-5-4-6-18(15-17)22(28)26-13-11-25(12-14-26)20-9-7-19(23)8-10-20/h4-10,15-16H,3,11-14H2,1-2H3,(H,24,27). The molecule has 148 valence electrons. The number of nitrogens with zero attached hydrogens (tertiary/aromatic N) is 2. The Morgan fingerprint density at radius 3 is 2.32 bits per heavy atom. The summed E-state index contributed by atoms with van der Waals surface area (Å²) in [6, 6.07) is 13.4. The number of hydrogen-bond donors (Lipinski definition) is 1. The van der Waals surface area contributed by atoms with Gasteiger partial charge >= 0.3 is 0 Å². The fourth-order valence-corrected chi connectivity index (χ4v) is 3.20. The maximum absolute atomic E-state index is 13.1. The molecular formula is C22H26FN3O2. The topological polar surface area (TPSA) is 52.7 Å². The molecule has 3 rings (SSSR count). The number of anilines is 1. The number of hydrogen-bond acceptors (Lipinski definition) is 3. The van der Waals surface area contributed by atoms with E-state index in [2.05, 4.69) is 10.2 Å². The normalized spacial score (nSPS) is 15.2. The lowest BCUT2D eigenvalue weighted by Crippen LogP contribution is -2.48. The number of halogens is 1. The highest BCUT2D eigenvalue weighted by Crippen LogP contribution is 2.18. The molecule has 1 aliphatic rings. The Balaban J connectivity index is 1.63. The molecule has 28 heavy (non-hydrogen) atoms. The summed E-state index contributed by atoms with van der Waals surface area (Å²) >= 11 is 0. The first-order valence-corrected chi connectivity index (χ1v) is 9.68. The van der Waals surface area contributed by atoms with Gasteiger partial charge < -0.3 is 15.1 Å². The molecule has 0 aliphatic carbocycles. The molecule has 1 saturated heterocycles. The van der Waals surface area contributed by atoms with Crippen LogP contribution in [0.1, 0.15) is 41.0 Å². The third-order valence-electron chi connectivity index (χ3n) is 5.12. The van der Waals surface area contributed by atoms with Crippen molar-refractivity contribution in [2.75, 3.05) is 31.1 Å². The molecule has 0 radical (unpaired) electrons. The van der Waals surface area contributed by atoms with Crippen LogP contribution in [0.4, 0.5) is 10.1 Å². The molecule has 0 saturated carbocycles. The van der Waals surface area contributed by atoms with Gasteiger partial charge in [-0.15, -0.1) is 0 Å². The fourth-order valence-electron chi connectivity index (χ4n) is 3.20. The molecule has 1 fully saturated rings. The van der Waals surface area contributed by atoms with E-state index in [-0.39, 0.29) is 23.7 Å². The van der Waals surface area contributed by atoms with Crippen LogP contribution in [0.15, 0.2) is 48.5 Å². The minimum atomic E-state index is -0.255. The van der Waals surface area contributed by atoms with E-state index in [1.54, 1.807) is 41.3 Å². The van der Waals surface area contributed by atoms with E-state index in [9.17, 15) is 14.0 Å². The molecule has 6 heteroatoms. The van der Waals surface area contributed by atoms with Crippen LogP contribution in [0.2, 0.25) is 0 Å². The Hall–Kier alpha value is -2.89. The Kier molecular flexibility index (Phi) is 6.29. The molecule has 1 heterocycles. The van der Waals surface area contributed by atoms with Crippen LogP contribution in [0.3, 0.4) is 0 Å². The zero-order valence-corrected chi connectivity index (χ0v) is 16.3. The van der Waals surface area contributed by atoms with E-state index < -0.39 is 0 Å². The Morgan fingerprint density at radius 1 is 1.04 bits per heavy atom. The van der Waals surface area contributed by atoms with E-state index in [1.165, 1.54) is 12.1 Å². The molecule has 0 bridgehead atoms. The van der Waals surface area contributed by atoms with Gasteiger partial charge in [-0.25, -0.2) is 4.39 Å². The van der Waals surface area contributed by atoms with Gasteiger partial charge in [0, 0.05) is 49.0 Å². The number of carbonyl (C=O) groups excluding carboxylic acids is 2. The van der Waals surface area contributed by atoms with Gasteiger partial charge in [0.15, 0.2) is 0 Å². The van der Waals surface area contributed by atoms with Crippen LogP contribution < -0.4 is 10.2 Å². The predicted molar refractivity (Wildman–Crippen MR) is 108 cm³/mol. The molecule has 0 aromatic heterocycles. The molecule has 1 unspecified atom stereocenters. The SMILES string of the molecule is CCC(C)NC(=O)c1cccc(C(=O)N2CCN(c3ccc(F)cc3)CC2)c1. The van der Waals surface area contributed by atoms with Crippen LogP contribution in [0, 0.1) is 5.82 Å². The predicted octanol–water partition coefficient (Wildman–Crippen LogP) is 3.32. The lowest BCUT2D eigenvalue weighted by atomic mass is 10.1. The van der Waals surface area contributed by atoms with E-state index in [0.29, 0.717) is 37.3 Å². The summed E-state index contributed by atoms with van der Waals surface area (Å²) in [6.45, 7) is 6.50. The molecule has 5 nitrogen and oxygen atoms in total. The first-order chi connectivity index (χ1) is 13.5. The van der Waals surface area contributed by atoms with Crippen molar-refractivity contribution in [1.29, 1.82) is 0 Å². The second-order valence-corrected chi connectivity index (χ2v) is 7.12. The van der Waals surface area contributed by atoms with Gasteiger partial charge in [-0.2, -0.15) is 0 Å². The largest absolute Gasteiger partial charge is 0.368 e. The number of amides is 2. The molecule has 1 N–H and O–H groups in total. The van der Waals surface area contributed by atoms with Gasteiger partial charge in [0.2, 0.25) is 0 Å². The van der Waals surface area contributed by atoms with Gasteiger partial charge in [0.25, 0.3) is 11.8 Å². The van der Waals surface area contributed by atoms with Crippen molar-refractivity contribution < 1.29 is 14.0 Å². The van der Waals surface area contributed by atoms with Gasteiger partial charge in [0.1, 0.15) is 5.82 Å². The number of nitrogens with one attached hydrogen (secondary N) is 1. The third kappa shape index (κ3) is 4.68. The zero-order chi connectivity index (χ0) is 20.1. The molecule has 1 aliphatic heterocycles. The van der Waals surface area contributed by atoms with Crippen LogP contribution in [-0.4, -0.2) is 48.9 Å². The summed E-state index contributed by atoms with van der Waals surface area (Å²) in [4.78, 5) is 29.1. The Morgan fingerprint density at radius 2 is 1.68 bits per heavy atom. The number of benzene rings is 2. The van der Waals surface area contributed by atoms with Gasteiger partial charge in [-0.3, -0.25) is 9.59 Å².